The smallest absolute Gasteiger partial charge is 0.134 e. The molecule has 106 valence electrons. The number of nitrogens with zero attached hydrogens (tertiary/aromatic N) is 1. The first kappa shape index (κ1) is 13.6. The summed E-state index contributed by atoms with van der Waals surface area (Å²) in [5.74, 6) is -1.22. The minimum atomic E-state index is -0.865. The minimum Gasteiger partial charge on any atom is -0.320 e. The van der Waals surface area contributed by atoms with Crippen molar-refractivity contribution in [1.29, 1.82) is 0 Å². The summed E-state index contributed by atoms with van der Waals surface area (Å²) < 4.78 is 28.3. The molecule has 0 aliphatic carbocycles. The molecule has 0 bridgehead atoms. The third kappa shape index (κ3) is 2.28. The quantitative estimate of drug-likeness (QED) is 0.776. The number of halogens is 2. The topological polar surface area (TPSA) is 38.9 Å². The Hall–Kier alpha value is -2.33. The van der Waals surface area contributed by atoms with E-state index in [1.54, 1.807) is 31.5 Å². The van der Waals surface area contributed by atoms with Gasteiger partial charge in [0.05, 0.1) is 6.04 Å². The number of pyridine rings is 1. The SMILES string of the molecule is Cc1ccc(F)c(C(N)c2cccc3cnccc23)c1F. The van der Waals surface area contributed by atoms with E-state index in [-0.39, 0.29) is 5.56 Å². The lowest BCUT2D eigenvalue weighted by Crippen LogP contribution is -2.16. The van der Waals surface area contributed by atoms with Crippen molar-refractivity contribution in [3.63, 3.8) is 0 Å². The number of aromatic nitrogens is 1. The predicted octanol–water partition coefficient (Wildman–Crippen LogP) is 3.87. The highest BCUT2D eigenvalue weighted by Gasteiger charge is 2.21. The average molecular weight is 284 g/mol. The molecule has 0 aliphatic rings. The lowest BCUT2D eigenvalue weighted by Gasteiger charge is -2.17. The second-order valence-corrected chi connectivity index (χ2v) is 5.01. The van der Waals surface area contributed by atoms with Crippen LogP contribution in [0.25, 0.3) is 10.8 Å². The monoisotopic (exact) mass is 284 g/mol. The van der Waals surface area contributed by atoms with Crippen molar-refractivity contribution in [2.45, 2.75) is 13.0 Å². The molecule has 2 N–H and O–H groups in total. The molecule has 0 radical (unpaired) electrons. The molecule has 0 amide bonds. The fourth-order valence-electron chi connectivity index (χ4n) is 2.54. The zero-order valence-corrected chi connectivity index (χ0v) is 11.5. The number of aryl methyl sites for hydroxylation is 1. The van der Waals surface area contributed by atoms with Crippen LogP contribution in [-0.4, -0.2) is 4.98 Å². The van der Waals surface area contributed by atoms with Crippen LogP contribution in [0.2, 0.25) is 0 Å². The van der Waals surface area contributed by atoms with Gasteiger partial charge in [-0.25, -0.2) is 8.78 Å². The first-order valence-corrected chi connectivity index (χ1v) is 6.62. The molecule has 1 unspecified atom stereocenters. The molecule has 21 heavy (non-hydrogen) atoms. The van der Waals surface area contributed by atoms with Gasteiger partial charge in [-0.1, -0.05) is 24.3 Å². The summed E-state index contributed by atoms with van der Waals surface area (Å²) in [6.07, 6.45) is 3.34. The maximum atomic E-state index is 14.3. The van der Waals surface area contributed by atoms with E-state index in [4.69, 9.17) is 5.73 Å². The maximum Gasteiger partial charge on any atom is 0.134 e. The molecule has 3 aromatic rings. The van der Waals surface area contributed by atoms with Gasteiger partial charge in [-0.2, -0.15) is 0 Å². The molecule has 3 rings (SSSR count). The Kier molecular flexibility index (Phi) is 3.39. The van der Waals surface area contributed by atoms with Crippen LogP contribution in [0.3, 0.4) is 0 Å². The second-order valence-electron chi connectivity index (χ2n) is 5.01. The molecule has 0 aliphatic heterocycles. The van der Waals surface area contributed by atoms with E-state index in [1.165, 1.54) is 12.1 Å². The third-order valence-electron chi connectivity index (χ3n) is 3.68. The van der Waals surface area contributed by atoms with Gasteiger partial charge in [0.15, 0.2) is 0 Å². The van der Waals surface area contributed by atoms with Crippen molar-refractivity contribution in [3.8, 4) is 0 Å². The highest BCUT2D eigenvalue weighted by atomic mass is 19.1. The Morgan fingerprint density at radius 3 is 2.71 bits per heavy atom. The molecule has 1 atom stereocenters. The largest absolute Gasteiger partial charge is 0.320 e. The average Bonchev–Trinajstić information content (AvgIpc) is 2.50. The molecular weight excluding hydrogens is 270 g/mol. The molecule has 0 saturated carbocycles. The molecular formula is C17H14F2N2. The number of nitrogens with two attached hydrogens (primary N) is 1. The van der Waals surface area contributed by atoms with E-state index in [0.29, 0.717) is 11.1 Å². The molecule has 4 heteroatoms. The fraction of sp³-hybridized carbons (Fsp3) is 0.118. The zero-order chi connectivity index (χ0) is 15.0. The number of hydrogen-bond donors (Lipinski definition) is 1. The molecule has 2 nitrogen and oxygen atoms in total. The van der Waals surface area contributed by atoms with Crippen LogP contribution in [0.15, 0.2) is 48.8 Å². The first-order valence-electron chi connectivity index (χ1n) is 6.62. The first-order chi connectivity index (χ1) is 10.1. The Bertz CT molecular complexity index is 810. The van der Waals surface area contributed by atoms with Crippen molar-refractivity contribution < 1.29 is 8.78 Å². The maximum absolute atomic E-state index is 14.3. The molecule has 1 heterocycles. The highest BCUT2D eigenvalue weighted by Crippen LogP contribution is 2.30. The normalized spacial score (nSPS) is 12.6. The van der Waals surface area contributed by atoms with Gasteiger partial charge >= 0.3 is 0 Å². The van der Waals surface area contributed by atoms with Gasteiger partial charge in [0.1, 0.15) is 11.6 Å². The summed E-state index contributed by atoms with van der Waals surface area (Å²) in [5, 5.41) is 1.74. The molecule has 0 fully saturated rings. The van der Waals surface area contributed by atoms with E-state index in [1.807, 2.05) is 12.1 Å². The number of hydrogen-bond acceptors (Lipinski definition) is 2. The third-order valence-corrected chi connectivity index (χ3v) is 3.68. The van der Waals surface area contributed by atoms with Crippen molar-refractivity contribution in [2.24, 2.45) is 5.73 Å². The molecule has 0 saturated heterocycles. The van der Waals surface area contributed by atoms with Crippen LogP contribution in [0.5, 0.6) is 0 Å². The summed E-state index contributed by atoms with van der Waals surface area (Å²) in [5.41, 5.74) is 7.11. The Morgan fingerprint density at radius 1 is 1.10 bits per heavy atom. The van der Waals surface area contributed by atoms with E-state index < -0.39 is 17.7 Å². The summed E-state index contributed by atoms with van der Waals surface area (Å²) >= 11 is 0. The minimum absolute atomic E-state index is 0.0979. The number of fused-ring (bicyclic) bond motifs is 1. The fourth-order valence-corrected chi connectivity index (χ4v) is 2.54. The Balaban J connectivity index is 2.22. The number of benzene rings is 2. The zero-order valence-electron chi connectivity index (χ0n) is 11.5. The molecule has 2 aromatic carbocycles. The standard InChI is InChI=1S/C17H14F2N2/c1-10-5-6-14(18)15(16(10)19)17(20)13-4-2-3-11-9-21-8-7-12(11)13/h2-9,17H,20H2,1H3. The van der Waals surface area contributed by atoms with Gasteiger partial charge in [-0.3, -0.25) is 4.98 Å². The van der Waals surface area contributed by atoms with E-state index >= 15 is 0 Å². The summed E-state index contributed by atoms with van der Waals surface area (Å²) in [4.78, 5) is 4.05. The van der Waals surface area contributed by atoms with Crippen LogP contribution in [-0.2, 0) is 0 Å². The van der Waals surface area contributed by atoms with Crippen molar-refractivity contribution >= 4 is 10.8 Å². The van der Waals surface area contributed by atoms with Gasteiger partial charge < -0.3 is 5.73 Å². The summed E-state index contributed by atoms with van der Waals surface area (Å²) in [6.45, 7) is 1.60. The van der Waals surface area contributed by atoms with Crippen LogP contribution >= 0.6 is 0 Å². The van der Waals surface area contributed by atoms with Crippen LogP contribution in [0.1, 0.15) is 22.7 Å². The lowest BCUT2D eigenvalue weighted by molar-refractivity contribution is 0.539. The number of rotatable bonds is 2. The second kappa shape index (κ2) is 5.22. The van der Waals surface area contributed by atoms with Crippen molar-refractivity contribution in [1.82, 2.24) is 4.98 Å². The van der Waals surface area contributed by atoms with Gasteiger partial charge in [0, 0.05) is 23.3 Å². The van der Waals surface area contributed by atoms with Crippen LogP contribution in [0.4, 0.5) is 8.78 Å². The van der Waals surface area contributed by atoms with E-state index in [9.17, 15) is 8.78 Å². The van der Waals surface area contributed by atoms with Gasteiger partial charge in [-0.05, 0) is 35.6 Å². The van der Waals surface area contributed by atoms with E-state index in [2.05, 4.69) is 4.98 Å². The molecule has 1 aromatic heterocycles. The van der Waals surface area contributed by atoms with E-state index in [0.717, 1.165) is 10.8 Å². The van der Waals surface area contributed by atoms with Crippen molar-refractivity contribution in [2.75, 3.05) is 0 Å². The summed E-state index contributed by atoms with van der Waals surface area (Å²) in [6, 6.07) is 9.08. The summed E-state index contributed by atoms with van der Waals surface area (Å²) in [7, 11) is 0. The van der Waals surface area contributed by atoms with Gasteiger partial charge in [0.2, 0.25) is 0 Å². The van der Waals surface area contributed by atoms with Crippen LogP contribution < -0.4 is 5.73 Å². The van der Waals surface area contributed by atoms with Crippen LogP contribution in [0, 0.1) is 18.6 Å². The Labute approximate surface area is 121 Å². The predicted molar refractivity (Wildman–Crippen MR) is 78.9 cm³/mol. The van der Waals surface area contributed by atoms with Crippen molar-refractivity contribution in [3.05, 3.63) is 77.1 Å². The highest BCUT2D eigenvalue weighted by molar-refractivity contribution is 5.85. The van der Waals surface area contributed by atoms with Gasteiger partial charge in [-0.15, -0.1) is 0 Å². The lowest BCUT2D eigenvalue weighted by atomic mass is 9.93. The Morgan fingerprint density at radius 2 is 1.90 bits per heavy atom. The van der Waals surface area contributed by atoms with Gasteiger partial charge in [0.25, 0.3) is 0 Å². The molecule has 0 spiro atoms.